The number of aryl methyl sites for hydroxylation is 2. The summed E-state index contributed by atoms with van der Waals surface area (Å²) in [6, 6.07) is 7.53. The van der Waals surface area contributed by atoms with Crippen molar-refractivity contribution in [2.24, 2.45) is 0 Å². The molecule has 0 fully saturated rings. The summed E-state index contributed by atoms with van der Waals surface area (Å²) in [5, 5.41) is 7.87. The fraction of sp³-hybridized carbons (Fsp3) is 0.286. The first-order valence-corrected chi connectivity index (χ1v) is 7.18. The molecule has 0 saturated heterocycles. The summed E-state index contributed by atoms with van der Waals surface area (Å²) in [5.41, 5.74) is 2.04. The van der Waals surface area contributed by atoms with Crippen molar-refractivity contribution in [3.05, 3.63) is 40.9 Å². The Balaban J connectivity index is 1.67. The van der Waals surface area contributed by atoms with Crippen molar-refractivity contribution in [2.75, 3.05) is 18.5 Å². The van der Waals surface area contributed by atoms with Gasteiger partial charge in [-0.15, -0.1) is 11.3 Å². The largest absolute Gasteiger partial charge is 0.492 e. The third kappa shape index (κ3) is 4.55. The van der Waals surface area contributed by atoms with Crippen LogP contribution >= 0.6 is 11.3 Å². The summed E-state index contributed by atoms with van der Waals surface area (Å²) in [6.07, 6.45) is 0. The molecule has 0 aliphatic rings. The number of urea groups is 1. The van der Waals surface area contributed by atoms with Gasteiger partial charge in [-0.1, -0.05) is 12.1 Å². The van der Waals surface area contributed by atoms with Gasteiger partial charge in [0.25, 0.3) is 0 Å². The van der Waals surface area contributed by atoms with Crippen molar-refractivity contribution in [2.45, 2.75) is 13.8 Å². The Morgan fingerprint density at radius 3 is 2.95 bits per heavy atom. The van der Waals surface area contributed by atoms with E-state index in [1.807, 2.05) is 43.5 Å². The van der Waals surface area contributed by atoms with E-state index in [1.54, 1.807) is 0 Å². The van der Waals surface area contributed by atoms with Gasteiger partial charge in [0.2, 0.25) is 0 Å². The quantitative estimate of drug-likeness (QED) is 0.832. The van der Waals surface area contributed by atoms with Crippen molar-refractivity contribution in [3.63, 3.8) is 0 Å². The predicted octanol–water partition coefficient (Wildman–Crippen LogP) is 2.96. The average Bonchev–Trinajstić information content (AvgIpc) is 2.80. The van der Waals surface area contributed by atoms with Gasteiger partial charge < -0.3 is 10.1 Å². The molecule has 5 nitrogen and oxygen atoms in total. The average molecular weight is 291 g/mol. The van der Waals surface area contributed by atoms with E-state index in [4.69, 9.17) is 4.74 Å². The van der Waals surface area contributed by atoms with Crippen LogP contribution in [0.5, 0.6) is 5.75 Å². The summed E-state index contributed by atoms with van der Waals surface area (Å²) < 4.78 is 5.54. The number of nitrogens with zero attached hydrogens (tertiary/aromatic N) is 1. The first-order valence-electron chi connectivity index (χ1n) is 6.30. The van der Waals surface area contributed by atoms with Gasteiger partial charge in [-0.3, -0.25) is 5.32 Å². The van der Waals surface area contributed by atoms with Crippen LogP contribution < -0.4 is 15.4 Å². The van der Waals surface area contributed by atoms with Crippen LogP contribution in [-0.4, -0.2) is 24.2 Å². The summed E-state index contributed by atoms with van der Waals surface area (Å²) in [6.45, 7) is 4.75. The Hall–Kier alpha value is -2.08. The van der Waals surface area contributed by atoms with Gasteiger partial charge in [-0.2, -0.15) is 0 Å². The first kappa shape index (κ1) is 14.3. The molecule has 1 aromatic carbocycles. The zero-order chi connectivity index (χ0) is 14.4. The van der Waals surface area contributed by atoms with Crippen molar-refractivity contribution in [1.29, 1.82) is 0 Å². The summed E-state index contributed by atoms with van der Waals surface area (Å²) in [7, 11) is 0. The Kier molecular flexibility index (Phi) is 4.95. The summed E-state index contributed by atoms with van der Waals surface area (Å²) in [4.78, 5) is 15.7. The highest BCUT2D eigenvalue weighted by molar-refractivity contribution is 7.13. The molecule has 2 amide bonds. The second-order valence-corrected chi connectivity index (χ2v) is 5.20. The van der Waals surface area contributed by atoms with Crippen LogP contribution in [0, 0.1) is 13.8 Å². The maximum absolute atomic E-state index is 11.6. The van der Waals surface area contributed by atoms with Gasteiger partial charge in [-0.25, -0.2) is 9.78 Å². The Morgan fingerprint density at radius 1 is 1.40 bits per heavy atom. The van der Waals surface area contributed by atoms with Gasteiger partial charge in [0.1, 0.15) is 12.4 Å². The molecule has 0 radical (unpaired) electrons. The molecule has 0 aliphatic carbocycles. The molecule has 106 valence electrons. The second-order valence-electron chi connectivity index (χ2n) is 4.34. The fourth-order valence-corrected chi connectivity index (χ4v) is 2.27. The molecule has 20 heavy (non-hydrogen) atoms. The van der Waals surface area contributed by atoms with E-state index in [1.165, 1.54) is 11.3 Å². The lowest BCUT2D eigenvalue weighted by Crippen LogP contribution is -2.32. The van der Waals surface area contributed by atoms with Gasteiger partial charge in [0.15, 0.2) is 5.13 Å². The number of hydrogen-bond donors (Lipinski definition) is 2. The molecule has 1 aromatic heterocycles. The van der Waals surface area contributed by atoms with Gasteiger partial charge in [0.05, 0.1) is 12.2 Å². The maximum Gasteiger partial charge on any atom is 0.321 e. The minimum absolute atomic E-state index is 0.271. The molecule has 0 bridgehead atoms. The minimum Gasteiger partial charge on any atom is -0.492 e. The molecule has 0 aliphatic heterocycles. The fourth-order valence-electron chi connectivity index (χ4n) is 1.59. The van der Waals surface area contributed by atoms with Crippen LogP contribution in [0.3, 0.4) is 0 Å². The van der Waals surface area contributed by atoms with Crippen LogP contribution in [0.15, 0.2) is 29.6 Å². The van der Waals surface area contributed by atoms with Crippen molar-refractivity contribution >= 4 is 22.5 Å². The summed E-state index contributed by atoms with van der Waals surface area (Å²) in [5.74, 6) is 0.808. The second kappa shape index (κ2) is 6.91. The lowest BCUT2D eigenvalue weighted by atomic mass is 10.2. The first-order chi connectivity index (χ1) is 9.63. The van der Waals surface area contributed by atoms with Crippen LogP contribution in [0.25, 0.3) is 0 Å². The molecule has 0 spiro atoms. The lowest BCUT2D eigenvalue weighted by Gasteiger charge is -2.08. The molecule has 6 heteroatoms. The molecule has 1 heterocycles. The van der Waals surface area contributed by atoms with Crippen molar-refractivity contribution < 1.29 is 9.53 Å². The number of carbonyl (C=O) groups excluding carboxylic acids is 1. The Labute approximate surface area is 122 Å². The van der Waals surface area contributed by atoms with Gasteiger partial charge in [-0.05, 0) is 31.5 Å². The van der Waals surface area contributed by atoms with E-state index in [-0.39, 0.29) is 6.03 Å². The van der Waals surface area contributed by atoms with Crippen LogP contribution in [0.4, 0.5) is 9.93 Å². The third-order valence-electron chi connectivity index (χ3n) is 2.49. The number of rotatable bonds is 5. The molecule has 2 N–H and O–H groups in total. The smallest absolute Gasteiger partial charge is 0.321 e. The Morgan fingerprint density at radius 2 is 2.25 bits per heavy atom. The standard InChI is InChI=1S/C14H17N3O2S/c1-10-4-3-5-12(8-10)19-7-6-15-13(18)17-14-16-11(2)9-20-14/h3-5,8-9H,6-7H2,1-2H3,(H2,15,16,17,18). The maximum atomic E-state index is 11.6. The molecule has 2 aromatic rings. The number of nitrogens with one attached hydrogen (secondary N) is 2. The van der Waals surface area contributed by atoms with E-state index >= 15 is 0 Å². The highest BCUT2D eigenvalue weighted by Crippen LogP contribution is 2.14. The molecular formula is C14H17N3O2S. The highest BCUT2D eigenvalue weighted by Gasteiger charge is 2.04. The van der Waals surface area contributed by atoms with E-state index in [0.717, 1.165) is 17.0 Å². The zero-order valence-corrected chi connectivity index (χ0v) is 12.3. The van der Waals surface area contributed by atoms with E-state index in [0.29, 0.717) is 18.3 Å². The van der Waals surface area contributed by atoms with Crippen molar-refractivity contribution in [1.82, 2.24) is 10.3 Å². The monoisotopic (exact) mass is 291 g/mol. The predicted molar refractivity (Wildman–Crippen MR) is 80.5 cm³/mol. The van der Waals surface area contributed by atoms with Crippen LogP contribution in [0.2, 0.25) is 0 Å². The number of ether oxygens (including phenoxy) is 1. The number of thiazole rings is 1. The lowest BCUT2D eigenvalue weighted by molar-refractivity contribution is 0.247. The third-order valence-corrected chi connectivity index (χ3v) is 3.36. The molecule has 0 saturated carbocycles. The minimum atomic E-state index is -0.271. The number of anilines is 1. The van der Waals surface area contributed by atoms with Crippen LogP contribution in [-0.2, 0) is 0 Å². The topological polar surface area (TPSA) is 63.2 Å². The number of carbonyl (C=O) groups is 1. The van der Waals surface area contributed by atoms with Crippen molar-refractivity contribution in [3.8, 4) is 5.75 Å². The van der Waals surface area contributed by atoms with Gasteiger partial charge in [0, 0.05) is 5.38 Å². The number of aromatic nitrogens is 1. The number of amides is 2. The zero-order valence-electron chi connectivity index (χ0n) is 11.5. The summed E-state index contributed by atoms with van der Waals surface area (Å²) >= 11 is 1.40. The molecule has 2 rings (SSSR count). The van der Waals surface area contributed by atoms with E-state index in [9.17, 15) is 4.79 Å². The molecule has 0 atom stereocenters. The number of hydrogen-bond acceptors (Lipinski definition) is 4. The normalized spacial score (nSPS) is 10.1. The molecule has 0 unspecified atom stereocenters. The Bertz CT molecular complexity index is 583. The molecular weight excluding hydrogens is 274 g/mol. The highest BCUT2D eigenvalue weighted by atomic mass is 32.1. The number of benzene rings is 1. The van der Waals surface area contributed by atoms with E-state index < -0.39 is 0 Å². The van der Waals surface area contributed by atoms with Gasteiger partial charge >= 0.3 is 6.03 Å². The SMILES string of the molecule is Cc1cccc(OCCNC(=O)Nc2nc(C)cs2)c1. The van der Waals surface area contributed by atoms with Crippen LogP contribution in [0.1, 0.15) is 11.3 Å². The van der Waals surface area contributed by atoms with E-state index in [2.05, 4.69) is 15.6 Å².